The third-order valence-corrected chi connectivity index (χ3v) is 12.7. The van der Waals surface area contributed by atoms with Crippen molar-refractivity contribution in [1.82, 2.24) is 9.80 Å². The highest BCUT2D eigenvalue weighted by atomic mass is 16.5. The molecule has 3 aromatic rings. The molecular weight excluding hydrogens is 580 g/mol. The predicted molar refractivity (Wildman–Crippen MR) is 188 cm³/mol. The third kappa shape index (κ3) is 5.81. The van der Waals surface area contributed by atoms with Gasteiger partial charge in [0, 0.05) is 24.2 Å². The Bertz CT molecular complexity index is 1510. The van der Waals surface area contributed by atoms with E-state index in [4.69, 9.17) is 4.74 Å². The summed E-state index contributed by atoms with van der Waals surface area (Å²) in [4.78, 5) is 5.40. The molecule has 2 bridgehead atoms. The van der Waals surface area contributed by atoms with Crippen LogP contribution in [0.5, 0.6) is 11.5 Å². The molecule has 0 unspecified atom stereocenters. The molecule has 0 amide bonds. The molecule has 250 valence electrons. The monoisotopic (exact) mass is 634 g/mol. The number of aromatic hydroxyl groups is 1. The molecule has 3 aliphatic carbocycles. The van der Waals surface area contributed by atoms with Gasteiger partial charge in [-0.1, -0.05) is 79.6 Å². The van der Waals surface area contributed by atoms with E-state index >= 15 is 0 Å². The van der Waals surface area contributed by atoms with Gasteiger partial charge >= 0.3 is 0 Å². The van der Waals surface area contributed by atoms with E-state index < -0.39 is 11.0 Å². The number of nitrogens with zero attached hydrogens (tertiary/aromatic N) is 2. The normalized spacial score (nSPS) is 29.1. The molecule has 5 aliphatic rings. The van der Waals surface area contributed by atoms with Crippen LogP contribution in [0.25, 0.3) is 0 Å². The lowest BCUT2D eigenvalue weighted by Crippen LogP contribution is -2.78. The van der Waals surface area contributed by atoms with E-state index in [0.717, 1.165) is 82.6 Å². The van der Waals surface area contributed by atoms with E-state index in [2.05, 4.69) is 76.5 Å². The van der Waals surface area contributed by atoms with Gasteiger partial charge in [-0.2, -0.15) is 0 Å². The predicted octanol–water partition coefficient (Wildman–Crippen LogP) is 7.45. The van der Waals surface area contributed by atoms with Crippen molar-refractivity contribution in [3.05, 3.63) is 95.1 Å². The molecule has 0 aromatic heterocycles. The summed E-state index contributed by atoms with van der Waals surface area (Å²) in [5.74, 6) is 1.73. The molecular formula is C42H54N2O3. The van der Waals surface area contributed by atoms with E-state index in [-0.39, 0.29) is 23.9 Å². The van der Waals surface area contributed by atoms with E-state index in [1.165, 1.54) is 61.6 Å². The van der Waals surface area contributed by atoms with Gasteiger partial charge in [-0.25, -0.2) is 0 Å². The zero-order valence-corrected chi connectivity index (χ0v) is 28.2. The number of unbranched alkanes of at least 4 members (excludes halogenated alkanes) is 4. The first-order valence-corrected chi connectivity index (χ1v) is 18.9. The second kappa shape index (κ2) is 13.2. The number of benzene rings is 3. The maximum Gasteiger partial charge on any atom is 0.165 e. The van der Waals surface area contributed by atoms with Crippen LogP contribution in [-0.2, 0) is 24.7 Å². The molecule has 1 saturated heterocycles. The number of phenols is 1. The Hall–Kier alpha value is -2.86. The number of ether oxygens (including phenoxy) is 1. The van der Waals surface area contributed by atoms with Gasteiger partial charge in [-0.05, 0) is 125 Å². The van der Waals surface area contributed by atoms with Crippen LogP contribution in [0.15, 0.2) is 72.8 Å². The standard InChI is InChI=1S/C42H54N2O3/c45-36-22-21-34-29-37-42(46)24-23-35(40-41(42,38(34)39(36)47-40)25-28-44(37)30-33-19-20-33)43(27-12-10-18-32-16-8-4-9-17-32)26-11-2-1-5-13-31-14-6-3-7-15-31/h3-4,6-9,14-17,21-22,33,35,37,40,45-46H,1-2,5,10-13,18-20,23-30H2/t35-,37-,40+,41+,42-/m1/s1. The summed E-state index contributed by atoms with van der Waals surface area (Å²) in [7, 11) is 0. The van der Waals surface area contributed by atoms with Gasteiger partial charge in [-0.3, -0.25) is 9.80 Å². The fraction of sp³-hybridized carbons (Fsp3) is 0.571. The first-order valence-electron chi connectivity index (χ1n) is 18.9. The topological polar surface area (TPSA) is 56.2 Å². The molecule has 1 spiro atoms. The van der Waals surface area contributed by atoms with E-state index in [9.17, 15) is 10.2 Å². The van der Waals surface area contributed by atoms with Crippen molar-refractivity contribution in [1.29, 1.82) is 0 Å². The smallest absolute Gasteiger partial charge is 0.165 e. The van der Waals surface area contributed by atoms with Gasteiger partial charge < -0.3 is 14.9 Å². The summed E-state index contributed by atoms with van der Waals surface area (Å²) in [6.07, 6.45) is 15.6. The lowest BCUT2D eigenvalue weighted by Gasteiger charge is -2.65. The number of hydrogen-bond acceptors (Lipinski definition) is 5. The van der Waals surface area contributed by atoms with Crippen LogP contribution < -0.4 is 4.74 Å². The van der Waals surface area contributed by atoms with Crippen LogP contribution >= 0.6 is 0 Å². The number of aryl methyl sites for hydroxylation is 2. The number of phenolic OH excluding ortho intramolecular Hbond substituents is 1. The minimum absolute atomic E-state index is 0.124. The fourth-order valence-corrected chi connectivity index (χ4v) is 10.2. The summed E-state index contributed by atoms with van der Waals surface area (Å²) in [5.41, 5.74) is 4.05. The molecule has 47 heavy (non-hydrogen) atoms. The van der Waals surface area contributed by atoms with Gasteiger partial charge in [0.2, 0.25) is 0 Å². The molecule has 3 aromatic carbocycles. The lowest BCUT2D eigenvalue weighted by atomic mass is 9.48. The molecule has 5 nitrogen and oxygen atoms in total. The Morgan fingerprint density at radius 2 is 1.43 bits per heavy atom. The highest BCUT2D eigenvalue weighted by molar-refractivity contribution is 5.62. The summed E-state index contributed by atoms with van der Waals surface area (Å²) < 4.78 is 7.00. The molecule has 2 heterocycles. The Morgan fingerprint density at radius 3 is 2.13 bits per heavy atom. The summed E-state index contributed by atoms with van der Waals surface area (Å²) in [6, 6.07) is 26.1. The van der Waals surface area contributed by atoms with Gasteiger partial charge in [0.25, 0.3) is 0 Å². The SMILES string of the molecule is Oc1ccc2c3c1O[C@H]1[C@H](N(CCCCCCc4ccccc4)CCCCc4ccccc4)CC[C@@]4(O)[C@@H](C2)N(CC2CC2)CC[C@]314. The van der Waals surface area contributed by atoms with Crippen LogP contribution in [-0.4, -0.2) is 70.0 Å². The van der Waals surface area contributed by atoms with E-state index in [1.54, 1.807) is 0 Å². The first kappa shape index (κ1) is 31.4. The maximum absolute atomic E-state index is 13.0. The molecule has 5 atom stereocenters. The van der Waals surface area contributed by atoms with Crippen molar-refractivity contribution < 1.29 is 14.9 Å². The summed E-state index contributed by atoms with van der Waals surface area (Å²) >= 11 is 0. The average molecular weight is 635 g/mol. The minimum atomic E-state index is -0.816. The first-order chi connectivity index (χ1) is 23.1. The van der Waals surface area contributed by atoms with E-state index in [1.807, 2.05) is 6.07 Å². The van der Waals surface area contributed by atoms with Gasteiger partial charge in [0.05, 0.1) is 11.0 Å². The molecule has 2 aliphatic heterocycles. The highest BCUT2D eigenvalue weighted by Crippen LogP contribution is 2.66. The molecule has 2 N–H and O–H groups in total. The van der Waals surface area contributed by atoms with Crippen LogP contribution in [0.1, 0.15) is 92.9 Å². The van der Waals surface area contributed by atoms with Crippen LogP contribution in [0.4, 0.5) is 0 Å². The van der Waals surface area contributed by atoms with Crippen molar-refractivity contribution in [2.24, 2.45) is 5.92 Å². The summed E-state index contributed by atoms with van der Waals surface area (Å²) in [5, 5.41) is 24.1. The zero-order chi connectivity index (χ0) is 31.8. The Kier molecular flexibility index (Phi) is 8.83. The third-order valence-electron chi connectivity index (χ3n) is 12.7. The largest absolute Gasteiger partial charge is 0.504 e. The summed E-state index contributed by atoms with van der Waals surface area (Å²) in [6.45, 7) is 4.27. The molecule has 5 heteroatoms. The van der Waals surface area contributed by atoms with Crippen molar-refractivity contribution in [3.8, 4) is 11.5 Å². The second-order valence-electron chi connectivity index (χ2n) is 15.5. The molecule has 8 rings (SSSR count). The fourth-order valence-electron chi connectivity index (χ4n) is 10.2. The number of hydrogen-bond donors (Lipinski definition) is 2. The number of likely N-dealkylation sites (tertiary alicyclic amines) is 1. The average Bonchev–Trinajstić information content (AvgIpc) is 3.84. The van der Waals surface area contributed by atoms with Crippen LogP contribution in [0.2, 0.25) is 0 Å². The Morgan fingerprint density at radius 1 is 0.766 bits per heavy atom. The Balaban J connectivity index is 1.01. The van der Waals surface area contributed by atoms with E-state index in [0.29, 0.717) is 5.75 Å². The minimum Gasteiger partial charge on any atom is -0.504 e. The maximum atomic E-state index is 13.0. The Labute approximate surface area is 281 Å². The van der Waals surface area contributed by atoms with Crippen molar-refractivity contribution >= 4 is 0 Å². The van der Waals surface area contributed by atoms with Crippen LogP contribution in [0.3, 0.4) is 0 Å². The van der Waals surface area contributed by atoms with Crippen molar-refractivity contribution in [2.75, 3.05) is 26.2 Å². The van der Waals surface area contributed by atoms with Crippen molar-refractivity contribution in [2.45, 2.75) is 119 Å². The van der Waals surface area contributed by atoms with Gasteiger partial charge in [0.15, 0.2) is 11.5 Å². The molecule has 0 radical (unpaired) electrons. The second-order valence-corrected chi connectivity index (χ2v) is 15.5. The van der Waals surface area contributed by atoms with Gasteiger partial charge in [0.1, 0.15) is 6.10 Å². The number of aliphatic hydroxyl groups is 1. The number of rotatable bonds is 15. The lowest BCUT2D eigenvalue weighted by molar-refractivity contribution is -0.200. The molecule has 2 saturated carbocycles. The van der Waals surface area contributed by atoms with Crippen molar-refractivity contribution in [3.63, 3.8) is 0 Å². The zero-order valence-electron chi connectivity index (χ0n) is 28.2. The van der Waals surface area contributed by atoms with Gasteiger partial charge in [-0.15, -0.1) is 0 Å². The molecule has 3 fully saturated rings. The van der Waals surface area contributed by atoms with Crippen LogP contribution in [0, 0.1) is 5.92 Å². The quantitative estimate of drug-likeness (QED) is 0.170. The number of piperidine rings is 1. The highest BCUT2D eigenvalue weighted by Gasteiger charge is 2.73.